The van der Waals surface area contributed by atoms with Crippen LogP contribution in [-0.4, -0.2) is 33.9 Å². The summed E-state index contributed by atoms with van der Waals surface area (Å²) in [4.78, 5) is 0. The van der Waals surface area contributed by atoms with Crippen molar-refractivity contribution in [2.24, 2.45) is 11.8 Å². The molecule has 0 unspecified atom stereocenters. The summed E-state index contributed by atoms with van der Waals surface area (Å²) in [7, 11) is -1.48. The van der Waals surface area contributed by atoms with Crippen LogP contribution in [0.5, 0.6) is 0 Å². The third-order valence-corrected chi connectivity index (χ3v) is 5.26. The van der Waals surface area contributed by atoms with Crippen LogP contribution in [0, 0.1) is 11.8 Å². The van der Waals surface area contributed by atoms with E-state index in [4.69, 9.17) is 4.74 Å². The molecule has 0 bridgehead atoms. The van der Waals surface area contributed by atoms with Crippen molar-refractivity contribution in [3.05, 3.63) is 0 Å². The Labute approximate surface area is 112 Å². The quantitative estimate of drug-likeness (QED) is 0.726. The van der Waals surface area contributed by atoms with Crippen LogP contribution in [0.3, 0.4) is 0 Å². The second kappa shape index (κ2) is 7.46. The molecule has 0 aliphatic heterocycles. The fourth-order valence-corrected chi connectivity index (χ4v) is 4.18. The molecule has 1 N–H and O–H groups in total. The maximum atomic E-state index is 11.9. The number of hydrogen-bond donors (Lipinski definition) is 1. The largest absolute Gasteiger partial charge is 0.385 e. The van der Waals surface area contributed by atoms with Gasteiger partial charge >= 0.3 is 0 Å². The number of hydrogen-bond acceptors (Lipinski definition) is 3. The summed E-state index contributed by atoms with van der Waals surface area (Å²) in [6.07, 6.45) is 4.69. The molecule has 1 aliphatic carbocycles. The minimum atomic E-state index is -3.12. The van der Waals surface area contributed by atoms with Gasteiger partial charge in [-0.05, 0) is 43.9 Å². The normalized spacial score (nSPS) is 29.4. The molecule has 18 heavy (non-hydrogen) atoms. The lowest BCUT2D eigenvalue weighted by atomic mass is 9.80. The van der Waals surface area contributed by atoms with Crippen LogP contribution in [0.1, 0.15) is 46.0 Å². The lowest BCUT2D eigenvalue weighted by Gasteiger charge is -2.32. The zero-order valence-electron chi connectivity index (χ0n) is 11.8. The first-order valence-corrected chi connectivity index (χ1v) is 8.59. The number of nitrogens with one attached hydrogen (secondary N) is 1. The Morgan fingerprint density at radius 2 is 1.94 bits per heavy atom. The molecule has 1 saturated carbocycles. The Morgan fingerprint density at radius 1 is 1.22 bits per heavy atom. The molecule has 0 aromatic rings. The van der Waals surface area contributed by atoms with Crippen molar-refractivity contribution in [2.75, 3.05) is 19.5 Å². The maximum absolute atomic E-state index is 11.9. The Bertz CT molecular complexity index is 329. The van der Waals surface area contributed by atoms with Crippen LogP contribution in [-0.2, 0) is 14.8 Å². The van der Waals surface area contributed by atoms with Crippen molar-refractivity contribution in [1.29, 1.82) is 0 Å². The van der Waals surface area contributed by atoms with Gasteiger partial charge in [0.05, 0.1) is 5.75 Å². The fraction of sp³-hybridized carbons (Fsp3) is 1.00. The van der Waals surface area contributed by atoms with Gasteiger partial charge in [0, 0.05) is 19.8 Å². The van der Waals surface area contributed by atoms with Crippen LogP contribution in [0.2, 0.25) is 0 Å². The van der Waals surface area contributed by atoms with Crippen molar-refractivity contribution >= 4 is 10.0 Å². The summed E-state index contributed by atoms with van der Waals surface area (Å²) >= 11 is 0. The van der Waals surface area contributed by atoms with Gasteiger partial charge in [-0.3, -0.25) is 0 Å². The van der Waals surface area contributed by atoms with E-state index in [1.54, 1.807) is 7.11 Å². The van der Waals surface area contributed by atoms with Gasteiger partial charge < -0.3 is 4.74 Å². The Morgan fingerprint density at radius 3 is 2.56 bits per heavy atom. The number of methoxy groups -OCH3 is 1. The molecule has 1 aliphatic rings. The summed E-state index contributed by atoms with van der Waals surface area (Å²) < 4.78 is 31.7. The molecular weight excluding hydrogens is 250 g/mol. The van der Waals surface area contributed by atoms with E-state index in [-0.39, 0.29) is 11.8 Å². The number of rotatable bonds is 7. The van der Waals surface area contributed by atoms with E-state index in [1.807, 2.05) is 0 Å². The van der Waals surface area contributed by atoms with E-state index < -0.39 is 10.0 Å². The number of sulfonamides is 1. The fourth-order valence-electron chi connectivity index (χ4n) is 2.67. The monoisotopic (exact) mass is 277 g/mol. The highest BCUT2D eigenvalue weighted by Gasteiger charge is 2.28. The molecule has 108 valence electrons. The molecular formula is C13H27NO3S. The summed E-state index contributed by atoms with van der Waals surface area (Å²) in [5.74, 6) is 1.39. The molecule has 0 spiro atoms. The molecule has 0 amide bonds. The zero-order chi connectivity index (χ0) is 13.6. The second-order valence-electron chi connectivity index (χ2n) is 5.64. The van der Waals surface area contributed by atoms with Gasteiger partial charge in [0.2, 0.25) is 10.0 Å². The molecule has 4 nitrogen and oxygen atoms in total. The average molecular weight is 277 g/mol. The van der Waals surface area contributed by atoms with Gasteiger partial charge in [-0.2, -0.15) is 0 Å². The third-order valence-electron chi connectivity index (χ3n) is 3.77. The Kier molecular flexibility index (Phi) is 6.60. The lowest BCUT2D eigenvalue weighted by molar-refractivity contribution is 0.194. The summed E-state index contributed by atoms with van der Waals surface area (Å²) in [6.45, 7) is 5.02. The predicted molar refractivity (Wildman–Crippen MR) is 74.0 cm³/mol. The first-order valence-electron chi connectivity index (χ1n) is 6.93. The molecule has 0 aromatic heterocycles. The highest BCUT2D eigenvalue weighted by Crippen LogP contribution is 2.28. The molecule has 0 radical (unpaired) electrons. The van der Waals surface area contributed by atoms with Crippen LogP contribution in [0.25, 0.3) is 0 Å². The molecule has 0 heterocycles. The van der Waals surface area contributed by atoms with Gasteiger partial charge in [-0.25, -0.2) is 13.1 Å². The van der Waals surface area contributed by atoms with E-state index in [2.05, 4.69) is 18.6 Å². The number of ether oxygens (including phenoxy) is 1. The Balaban J connectivity index is 2.35. The summed E-state index contributed by atoms with van der Waals surface area (Å²) in [5, 5.41) is 0. The van der Waals surface area contributed by atoms with E-state index >= 15 is 0 Å². The molecule has 1 rings (SSSR count). The van der Waals surface area contributed by atoms with Crippen LogP contribution in [0.15, 0.2) is 0 Å². The van der Waals surface area contributed by atoms with Crippen molar-refractivity contribution < 1.29 is 13.2 Å². The van der Waals surface area contributed by atoms with Crippen LogP contribution in [0.4, 0.5) is 0 Å². The molecule has 3 atom stereocenters. The van der Waals surface area contributed by atoms with E-state index in [1.165, 1.54) is 0 Å². The predicted octanol–water partition coefficient (Wildman–Crippen LogP) is 2.16. The van der Waals surface area contributed by atoms with Crippen molar-refractivity contribution in [2.45, 2.75) is 52.0 Å². The Hall–Kier alpha value is -0.130. The lowest BCUT2D eigenvalue weighted by Crippen LogP contribution is -2.43. The van der Waals surface area contributed by atoms with Crippen molar-refractivity contribution in [1.82, 2.24) is 4.72 Å². The van der Waals surface area contributed by atoms with Gasteiger partial charge in [-0.15, -0.1) is 0 Å². The smallest absolute Gasteiger partial charge is 0.211 e. The van der Waals surface area contributed by atoms with Crippen LogP contribution >= 0.6 is 0 Å². The molecule has 0 aromatic carbocycles. The standard InChI is InChI=1S/C13H27NO3S/c1-11-6-7-13(12(2)10-11)14-18(15,16)9-5-4-8-17-3/h11-14H,4-10H2,1-3H3/t11-,12+,13+/m0/s1. The third kappa shape index (κ3) is 5.67. The average Bonchev–Trinajstić information content (AvgIpc) is 2.28. The first kappa shape index (κ1) is 15.9. The molecule has 5 heteroatoms. The minimum absolute atomic E-state index is 0.133. The minimum Gasteiger partial charge on any atom is -0.385 e. The zero-order valence-corrected chi connectivity index (χ0v) is 12.6. The second-order valence-corrected chi connectivity index (χ2v) is 7.51. The maximum Gasteiger partial charge on any atom is 0.211 e. The summed E-state index contributed by atoms with van der Waals surface area (Å²) in [5.41, 5.74) is 0. The van der Waals surface area contributed by atoms with E-state index in [0.29, 0.717) is 18.9 Å². The van der Waals surface area contributed by atoms with Gasteiger partial charge in [-0.1, -0.05) is 13.8 Å². The van der Waals surface area contributed by atoms with E-state index in [9.17, 15) is 8.42 Å². The van der Waals surface area contributed by atoms with Gasteiger partial charge in [0.25, 0.3) is 0 Å². The SMILES string of the molecule is COCCCCS(=O)(=O)N[C@@H]1CC[C@H](C)C[C@H]1C. The highest BCUT2D eigenvalue weighted by molar-refractivity contribution is 7.89. The van der Waals surface area contributed by atoms with Crippen LogP contribution < -0.4 is 4.72 Å². The highest BCUT2D eigenvalue weighted by atomic mass is 32.2. The van der Waals surface area contributed by atoms with Gasteiger partial charge in [0.1, 0.15) is 0 Å². The van der Waals surface area contributed by atoms with E-state index in [0.717, 1.165) is 31.6 Å². The summed E-state index contributed by atoms with van der Waals surface area (Å²) in [6, 6.07) is 0.133. The van der Waals surface area contributed by atoms with Gasteiger partial charge in [0.15, 0.2) is 0 Å². The van der Waals surface area contributed by atoms with Crippen molar-refractivity contribution in [3.63, 3.8) is 0 Å². The molecule has 1 fully saturated rings. The molecule has 0 saturated heterocycles. The first-order chi connectivity index (χ1) is 8.44. The van der Waals surface area contributed by atoms with Crippen molar-refractivity contribution in [3.8, 4) is 0 Å². The topological polar surface area (TPSA) is 55.4 Å². The number of unbranched alkanes of at least 4 members (excludes halogenated alkanes) is 1.